The number of fused-ring (bicyclic) bond motifs is 3. The number of aromatic nitrogens is 1. The van der Waals surface area contributed by atoms with Crippen molar-refractivity contribution in [2.24, 2.45) is 0 Å². The smallest absolute Gasteiger partial charge is 0.268 e. The van der Waals surface area contributed by atoms with Gasteiger partial charge in [-0.3, -0.25) is 4.79 Å². The van der Waals surface area contributed by atoms with Crippen LogP contribution >= 0.6 is 11.3 Å². The molecule has 1 aliphatic rings. The van der Waals surface area contributed by atoms with Gasteiger partial charge in [0.2, 0.25) is 0 Å². The number of ether oxygens (including phenoxy) is 1. The van der Waals surface area contributed by atoms with Crippen LogP contribution in [0.2, 0.25) is 0 Å². The van der Waals surface area contributed by atoms with Crippen LogP contribution in [0, 0.1) is 6.92 Å². The van der Waals surface area contributed by atoms with Crippen LogP contribution in [-0.4, -0.2) is 29.1 Å². The second-order valence-electron chi connectivity index (χ2n) is 6.42. The topological polar surface area (TPSA) is 67.6 Å². The molecule has 4 rings (SSSR count). The number of nitrogens with zero attached hydrogens (tertiary/aromatic N) is 2. The van der Waals surface area contributed by atoms with Gasteiger partial charge in [-0.25, -0.2) is 4.98 Å². The van der Waals surface area contributed by atoms with E-state index >= 15 is 0 Å². The number of methoxy groups -OCH3 is 1. The number of rotatable bonds is 5. The van der Waals surface area contributed by atoms with Crippen molar-refractivity contribution < 1.29 is 13.9 Å². The lowest BCUT2D eigenvalue weighted by Gasteiger charge is -2.35. The predicted octanol–water partition coefficient (Wildman–Crippen LogP) is 4.15. The zero-order valence-corrected chi connectivity index (χ0v) is 15.9. The van der Waals surface area contributed by atoms with Crippen LogP contribution in [0.1, 0.15) is 40.0 Å². The van der Waals surface area contributed by atoms with Gasteiger partial charge < -0.3 is 19.4 Å². The average Bonchev–Trinajstić information content (AvgIpc) is 3.25. The first-order chi connectivity index (χ1) is 12.6. The van der Waals surface area contributed by atoms with Gasteiger partial charge in [0.15, 0.2) is 0 Å². The Kier molecular flexibility index (Phi) is 4.42. The van der Waals surface area contributed by atoms with Gasteiger partial charge in [0, 0.05) is 18.2 Å². The molecule has 0 spiro atoms. The number of aryl methyl sites for hydroxylation is 1. The third-order valence-electron chi connectivity index (χ3n) is 4.61. The number of hydrogen-bond acceptors (Lipinski definition) is 6. The summed E-state index contributed by atoms with van der Waals surface area (Å²) in [5.74, 6) is 0.795. The van der Waals surface area contributed by atoms with Gasteiger partial charge in [0.05, 0.1) is 25.1 Å². The number of carbonyl (C=O) groups is 1. The monoisotopic (exact) mass is 371 g/mol. The summed E-state index contributed by atoms with van der Waals surface area (Å²) in [6, 6.07) is 5.76. The zero-order chi connectivity index (χ0) is 18.3. The van der Waals surface area contributed by atoms with Crippen LogP contribution in [0.25, 0.3) is 10.2 Å². The Hall–Kier alpha value is -2.38. The molecule has 0 fully saturated rings. The minimum Gasteiger partial charge on any atom is -0.467 e. The molecule has 6 nitrogen and oxygen atoms in total. The molecule has 3 aromatic rings. The third kappa shape index (κ3) is 2.77. The molecule has 0 bridgehead atoms. The van der Waals surface area contributed by atoms with Crippen LogP contribution in [-0.2, 0) is 17.9 Å². The van der Waals surface area contributed by atoms with Crippen LogP contribution < -0.4 is 5.32 Å². The average molecular weight is 371 g/mol. The van der Waals surface area contributed by atoms with Gasteiger partial charge in [0.1, 0.15) is 21.6 Å². The molecule has 0 aromatic carbocycles. The Balaban J connectivity index is 1.81. The number of hydrogen-bond donors (Lipinski definition) is 1. The molecule has 1 amide bonds. The first-order valence-electron chi connectivity index (χ1n) is 8.64. The normalized spacial score (nSPS) is 16.8. The van der Waals surface area contributed by atoms with Crippen molar-refractivity contribution >= 4 is 33.1 Å². The van der Waals surface area contributed by atoms with Gasteiger partial charge in [-0.15, -0.1) is 11.3 Å². The van der Waals surface area contributed by atoms with Crippen LogP contribution in [0.3, 0.4) is 0 Å². The molecule has 1 atom stereocenters. The number of thiophene rings is 1. The minimum absolute atomic E-state index is 0.0195. The fourth-order valence-electron chi connectivity index (χ4n) is 3.46. The molecule has 4 heterocycles. The highest BCUT2D eigenvalue weighted by molar-refractivity contribution is 7.21. The van der Waals surface area contributed by atoms with Crippen LogP contribution in [0.4, 0.5) is 5.69 Å². The molecule has 0 saturated heterocycles. The highest BCUT2D eigenvalue weighted by Crippen LogP contribution is 2.42. The maximum atomic E-state index is 13.2. The van der Waals surface area contributed by atoms with Gasteiger partial charge in [0.25, 0.3) is 5.91 Å². The second kappa shape index (κ2) is 6.74. The first kappa shape index (κ1) is 17.1. The number of furan rings is 1. The number of anilines is 1. The van der Waals surface area contributed by atoms with E-state index in [0.29, 0.717) is 18.0 Å². The van der Waals surface area contributed by atoms with E-state index in [4.69, 9.17) is 9.15 Å². The standard InChI is InChI=1S/C19H21N3O3S/c1-4-14-21-16-15-12(10-24-3)8-11(2)20-18(15)26-17(16)19(23)22(14)9-13-6-5-7-25-13/h5-8,14,21H,4,9-10H2,1-3H3. The van der Waals surface area contributed by atoms with Gasteiger partial charge >= 0.3 is 0 Å². The summed E-state index contributed by atoms with van der Waals surface area (Å²) in [7, 11) is 1.68. The van der Waals surface area contributed by atoms with Crippen molar-refractivity contribution in [3.8, 4) is 0 Å². The molecule has 0 radical (unpaired) electrons. The van der Waals surface area contributed by atoms with Crippen molar-refractivity contribution in [2.75, 3.05) is 12.4 Å². The fraction of sp³-hybridized carbons (Fsp3) is 0.368. The Labute approximate surface area is 155 Å². The molecule has 1 N–H and O–H groups in total. The van der Waals surface area contributed by atoms with E-state index in [2.05, 4.69) is 17.2 Å². The summed E-state index contributed by atoms with van der Waals surface area (Å²) in [6.45, 7) is 4.97. The zero-order valence-electron chi connectivity index (χ0n) is 15.0. The highest BCUT2D eigenvalue weighted by Gasteiger charge is 2.35. The van der Waals surface area contributed by atoms with E-state index in [-0.39, 0.29) is 12.1 Å². The first-order valence-corrected chi connectivity index (χ1v) is 9.45. The lowest BCUT2D eigenvalue weighted by atomic mass is 10.1. The summed E-state index contributed by atoms with van der Waals surface area (Å²) >= 11 is 1.44. The Morgan fingerprint density at radius 2 is 2.31 bits per heavy atom. The molecule has 1 unspecified atom stereocenters. The van der Waals surface area contributed by atoms with Gasteiger partial charge in [-0.2, -0.15) is 0 Å². The van der Waals surface area contributed by atoms with E-state index in [0.717, 1.165) is 39.3 Å². The number of amides is 1. The lowest BCUT2D eigenvalue weighted by Crippen LogP contribution is -2.47. The Morgan fingerprint density at radius 1 is 1.46 bits per heavy atom. The summed E-state index contributed by atoms with van der Waals surface area (Å²) in [5, 5.41) is 4.56. The van der Waals surface area contributed by atoms with Crippen LogP contribution in [0.15, 0.2) is 28.9 Å². The fourth-order valence-corrected chi connectivity index (χ4v) is 4.65. The minimum atomic E-state index is -0.0883. The lowest BCUT2D eigenvalue weighted by molar-refractivity contribution is 0.0655. The quantitative estimate of drug-likeness (QED) is 0.730. The molecule has 3 aromatic heterocycles. The van der Waals surface area contributed by atoms with E-state index in [9.17, 15) is 4.79 Å². The molecular weight excluding hydrogens is 350 g/mol. The van der Waals surface area contributed by atoms with E-state index in [1.807, 2.05) is 30.0 Å². The summed E-state index contributed by atoms with van der Waals surface area (Å²) in [6.07, 6.45) is 2.34. The van der Waals surface area contributed by atoms with E-state index in [1.54, 1.807) is 13.4 Å². The molecule has 0 aliphatic carbocycles. The predicted molar refractivity (Wildman–Crippen MR) is 101 cm³/mol. The molecule has 136 valence electrons. The van der Waals surface area contributed by atoms with E-state index < -0.39 is 0 Å². The highest BCUT2D eigenvalue weighted by atomic mass is 32.1. The molecule has 7 heteroatoms. The third-order valence-corrected chi connectivity index (χ3v) is 5.68. The van der Waals surface area contributed by atoms with Crippen molar-refractivity contribution in [3.05, 3.63) is 46.4 Å². The van der Waals surface area contributed by atoms with Crippen molar-refractivity contribution in [1.82, 2.24) is 9.88 Å². The number of carbonyl (C=O) groups excluding carboxylic acids is 1. The molecule has 1 aliphatic heterocycles. The summed E-state index contributed by atoms with van der Waals surface area (Å²) in [4.78, 5) is 21.3. The second-order valence-corrected chi connectivity index (χ2v) is 7.42. The SMILES string of the molecule is CCC1Nc2c(sc3nc(C)cc(COC)c23)C(=O)N1Cc1ccco1. The number of pyridine rings is 1. The molecular formula is C19H21N3O3S. The maximum Gasteiger partial charge on any atom is 0.268 e. The number of nitrogens with one attached hydrogen (secondary N) is 1. The van der Waals surface area contributed by atoms with Crippen molar-refractivity contribution in [3.63, 3.8) is 0 Å². The van der Waals surface area contributed by atoms with Crippen molar-refractivity contribution in [2.45, 2.75) is 39.6 Å². The summed E-state index contributed by atoms with van der Waals surface area (Å²) in [5.41, 5.74) is 2.87. The van der Waals surface area contributed by atoms with Gasteiger partial charge in [-0.1, -0.05) is 6.92 Å². The molecule has 26 heavy (non-hydrogen) atoms. The summed E-state index contributed by atoms with van der Waals surface area (Å²) < 4.78 is 10.8. The largest absolute Gasteiger partial charge is 0.467 e. The maximum absolute atomic E-state index is 13.2. The Morgan fingerprint density at radius 3 is 3.00 bits per heavy atom. The van der Waals surface area contributed by atoms with E-state index in [1.165, 1.54) is 11.3 Å². The molecule has 0 saturated carbocycles. The van der Waals surface area contributed by atoms with Crippen molar-refractivity contribution in [1.29, 1.82) is 0 Å². The van der Waals surface area contributed by atoms with Gasteiger partial charge in [-0.05, 0) is 37.1 Å². The Bertz CT molecular complexity index is 949. The van der Waals surface area contributed by atoms with Crippen LogP contribution in [0.5, 0.6) is 0 Å².